The Kier molecular flexibility index (Phi) is 59.4. The molecule has 19 heteroatoms. The van der Waals surface area contributed by atoms with E-state index in [0.717, 1.165) is 108 Å². The highest BCUT2D eigenvalue weighted by Crippen LogP contribution is 2.45. The average molecular weight is 1330 g/mol. The zero-order chi connectivity index (χ0) is 66.8. The van der Waals surface area contributed by atoms with Crippen molar-refractivity contribution in [3.63, 3.8) is 0 Å². The SMILES string of the molecule is CC(C)CCCCCCCCCCCCCCCCCCC(=O)OC[C@H](COP(=O)(O)OCC(O)COP(=O)(O)OC[C@@H](COC(=O)CCCCCCCCCC(C)C)OC(=O)CCCCCCCCC(C)C)OC(=O)CCCCCCCCCCCC(C)C. The number of carbonyl (C=O) groups excluding carboxylic acids is 4. The second-order valence-corrected chi connectivity index (χ2v) is 30.4. The third kappa shape index (κ3) is 64.8. The van der Waals surface area contributed by atoms with Gasteiger partial charge in [-0.2, -0.15) is 0 Å². The normalized spacial score (nSPS) is 14.3. The number of unbranched alkanes of at least 4 members (excludes halogenated alkanes) is 34. The smallest absolute Gasteiger partial charge is 0.462 e. The van der Waals surface area contributed by atoms with E-state index in [-0.39, 0.29) is 25.7 Å². The van der Waals surface area contributed by atoms with Gasteiger partial charge < -0.3 is 33.8 Å². The Bertz CT molecular complexity index is 1780. The monoisotopic (exact) mass is 1320 g/mol. The van der Waals surface area contributed by atoms with Crippen LogP contribution in [0.4, 0.5) is 0 Å². The van der Waals surface area contributed by atoms with Crippen LogP contribution < -0.4 is 0 Å². The summed E-state index contributed by atoms with van der Waals surface area (Å²) in [6, 6.07) is 0. The molecule has 0 radical (unpaired) electrons. The summed E-state index contributed by atoms with van der Waals surface area (Å²) in [6.07, 6.45) is 43.5. The maximum absolute atomic E-state index is 13.0. The molecule has 0 heterocycles. The first kappa shape index (κ1) is 88.1. The van der Waals surface area contributed by atoms with Crippen molar-refractivity contribution < 1.29 is 80.2 Å². The van der Waals surface area contributed by atoms with Gasteiger partial charge in [0.2, 0.25) is 0 Å². The van der Waals surface area contributed by atoms with Gasteiger partial charge in [0.15, 0.2) is 12.2 Å². The van der Waals surface area contributed by atoms with Crippen molar-refractivity contribution in [2.45, 2.75) is 369 Å². The number of aliphatic hydroxyl groups excluding tert-OH is 1. The molecule has 0 aliphatic rings. The zero-order valence-electron chi connectivity index (χ0n) is 58.8. The summed E-state index contributed by atoms with van der Waals surface area (Å²) in [6.45, 7) is 14.0. The van der Waals surface area contributed by atoms with E-state index in [1.165, 1.54) is 148 Å². The largest absolute Gasteiger partial charge is 0.472 e. The van der Waals surface area contributed by atoms with Gasteiger partial charge in [-0.05, 0) is 49.4 Å². The molecule has 3 N–H and O–H groups in total. The van der Waals surface area contributed by atoms with E-state index in [2.05, 4.69) is 55.4 Å². The number of phosphoric ester groups is 2. The first-order valence-corrected chi connectivity index (χ1v) is 39.7. The van der Waals surface area contributed by atoms with E-state index in [9.17, 15) is 43.2 Å². The minimum Gasteiger partial charge on any atom is -0.462 e. The molecule has 3 unspecified atom stereocenters. The molecule has 0 saturated heterocycles. The van der Waals surface area contributed by atoms with Crippen molar-refractivity contribution in [1.29, 1.82) is 0 Å². The van der Waals surface area contributed by atoms with Crippen LogP contribution in [-0.4, -0.2) is 96.7 Å². The highest BCUT2D eigenvalue weighted by atomic mass is 31.2. The van der Waals surface area contributed by atoms with Gasteiger partial charge in [0.25, 0.3) is 0 Å². The molecule has 0 aliphatic heterocycles. The van der Waals surface area contributed by atoms with E-state index in [4.69, 9.17) is 37.0 Å². The van der Waals surface area contributed by atoms with Gasteiger partial charge >= 0.3 is 39.5 Å². The Hall–Kier alpha value is -1.94. The van der Waals surface area contributed by atoms with Gasteiger partial charge in [-0.1, -0.05) is 299 Å². The minimum atomic E-state index is -4.95. The standard InChI is InChI=1S/C71H138O17P2/c1-61(2)47-39-31-23-18-15-13-11-9-10-12-14-16-20-26-35-43-51-68(73)81-57-66(87-70(75)53-45-37-27-21-17-19-24-32-40-48-62(3)4)59-85-89(77,78)83-55-65(72)56-84-90(79,80)86-60-67(88-71(76)54-46-38-30-29-34-42-50-64(7)8)58-82-69(74)52-44-36-28-22-25-33-41-49-63(5)6/h61-67,72H,9-60H2,1-8H3,(H,77,78)(H,79,80)/t65?,66-,67-/m1/s1. The maximum atomic E-state index is 13.0. The molecule has 0 amide bonds. The fraction of sp³-hybridized carbons (Fsp3) is 0.944. The van der Waals surface area contributed by atoms with Crippen molar-refractivity contribution in [3.8, 4) is 0 Å². The molecule has 0 aromatic rings. The average Bonchev–Trinajstić information content (AvgIpc) is 3.67. The lowest BCUT2D eigenvalue weighted by molar-refractivity contribution is -0.161. The summed E-state index contributed by atoms with van der Waals surface area (Å²) in [4.78, 5) is 72.5. The van der Waals surface area contributed by atoms with Gasteiger partial charge in [-0.25, -0.2) is 9.13 Å². The van der Waals surface area contributed by atoms with Gasteiger partial charge in [0.1, 0.15) is 19.3 Å². The molecular formula is C71H138O17P2. The molecule has 17 nitrogen and oxygen atoms in total. The molecular weight excluding hydrogens is 1190 g/mol. The summed E-state index contributed by atoms with van der Waals surface area (Å²) < 4.78 is 68.2. The van der Waals surface area contributed by atoms with Crippen molar-refractivity contribution in [3.05, 3.63) is 0 Å². The maximum Gasteiger partial charge on any atom is 0.472 e. The first-order valence-electron chi connectivity index (χ1n) is 36.7. The summed E-state index contributed by atoms with van der Waals surface area (Å²) in [5.41, 5.74) is 0. The number of esters is 4. The summed E-state index contributed by atoms with van der Waals surface area (Å²) in [5, 5.41) is 10.6. The Morgan fingerprint density at radius 2 is 0.467 bits per heavy atom. The van der Waals surface area contributed by atoms with Crippen molar-refractivity contribution in [2.24, 2.45) is 23.7 Å². The van der Waals surface area contributed by atoms with Gasteiger partial charge in [-0.3, -0.25) is 37.3 Å². The number of ether oxygens (including phenoxy) is 4. The van der Waals surface area contributed by atoms with Crippen molar-refractivity contribution in [1.82, 2.24) is 0 Å². The van der Waals surface area contributed by atoms with E-state index in [1.54, 1.807) is 0 Å². The topological polar surface area (TPSA) is 237 Å². The fourth-order valence-electron chi connectivity index (χ4n) is 10.7. The molecule has 0 spiro atoms. The molecule has 0 rings (SSSR count). The molecule has 0 aromatic carbocycles. The van der Waals surface area contributed by atoms with Crippen molar-refractivity contribution >= 4 is 39.5 Å². The highest BCUT2D eigenvalue weighted by Gasteiger charge is 2.30. The van der Waals surface area contributed by atoms with Crippen LogP contribution >= 0.6 is 15.6 Å². The van der Waals surface area contributed by atoms with Crippen LogP contribution in [0.2, 0.25) is 0 Å². The molecule has 5 atom stereocenters. The molecule has 0 bridgehead atoms. The Morgan fingerprint density at radius 3 is 0.689 bits per heavy atom. The van der Waals surface area contributed by atoms with E-state index in [1.807, 2.05) is 0 Å². The lowest BCUT2D eigenvalue weighted by Crippen LogP contribution is -2.30. The third-order valence-corrected chi connectivity index (χ3v) is 18.2. The second kappa shape index (κ2) is 60.7. The number of aliphatic hydroxyl groups is 1. The quantitative estimate of drug-likeness (QED) is 0.0222. The number of phosphoric acid groups is 2. The molecule has 0 aromatic heterocycles. The lowest BCUT2D eigenvalue weighted by atomic mass is 10.0. The minimum absolute atomic E-state index is 0.101. The van der Waals surface area contributed by atoms with E-state index < -0.39 is 97.5 Å². The number of rotatable bonds is 68. The Balaban J connectivity index is 5.18. The van der Waals surface area contributed by atoms with Crippen LogP contribution in [0.25, 0.3) is 0 Å². The highest BCUT2D eigenvalue weighted by molar-refractivity contribution is 7.47. The van der Waals surface area contributed by atoms with Crippen LogP contribution in [0.15, 0.2) is 0 Å². The summed E-state index contributed by atoms with van der Waals surface area (Å²) in [5.74, 6) is 0.789. The van der Waals surface area contributed by atoms with Crippen LogP contribution in [0.5, 0.6) is 0 Å². The predicted octanol–water partition coefficient (Wildman–Crippen LogP) is 20.1. The predicted molar refractivity (Wildman–Crippen MR) is 363 cm³/mol. The Labute approximate surface area is 549 Å². The number of hydrogen-bond donors (Lipinski definition) is 3. The Morgan fingerprint density at radius 1 is 0.278 bits per heavy atom. The summed E-state index contributed by atoms with van der Waals surface area (Å²) >= 11 is 0. The number of hydrogen-bond acceptors (Lipinski definition) is 15. The van der Waals surface area contributed by atoms with Crippen molar-refractivity contribution in [2.75, 3.05) is 39.6 Å². The van der Waals surface area contributed by atoms with Gasteiger partial charge in [0, 0.05) is 25.7 Å². The number of carbonyl (C=O) groups is 4. The molecule has 0 fully saturated rings. The van der Waals surface area contributed by atoms with Crippen LogP contribution in [0.3, 0.4) is 0 Å². The zero-order valence-corrected chi connectivity index (χ0v) is 60.6. The van der Waals surface area contributed by atoms with Gasteiger partial charge in [-0.15, -0.1) is 0 Å². The van der Waals surface area contributed by atoms with E-state index in [0.29, 0.717) is 37.5 Å². The fourth-order valence-corrected chi connectivity index (χ4v) is 12.2. The first-order chi connectivity index (χ1) is 43.1. The molecule has 0 aliphatic carbocycles. The second-order valence-electron chi connectivity index (χ2n) is 27.5. The van der Waals surface area contributed by atoms with Crippen LogP contribution in [0.1, 0.15) is 351 Å². The van der Waals surface area contributed by atoms with Crippen LogP contribution in [0, 0.1) is 23.7 Å². The third-order valence-electron chi connectivity index (χ3n) is 16.3. The van der Waals surface area contributed by atoms with Crippen LogP contribution in [-0.2, 0) is 65.4 Å². The van der Waals surface area contributed by atoms with Gasteiger partial charge in [0.05, 0.1) is 26.4 Å². The molecule has 0 saturated carbocycles. The molecule has 534 valence electrons. The lowest BCUT2D eigenvalue weighted by Gasteiger charge is -2.21. The molecule has 90 heavy (non-hydrogen) atoms. The van der Waals surface area contributed by atoms with E-state index >= 15 is 0 Å². The summed E-state index contributed by atoms with van der Waals surface area (Å²) in [7, 11) is -9.90.